The van der Waals surface area contributed by atoms with E-state index in [0.29, 0.717) is 51.2 Å². The molecule has 0 bridgehead atoms. The van der Waals surface area contributed by atoms with E-state index < -0.39 is 0 Å². The van der Waals surface area contributed by atoms with Gasteiger partial charge in [-0.1, -0.05) is 13.8 Å². The van der Waals surface area contributed by atoms with E-state index in [-0.39, 0.29) is 17.4 Å². The van der Waals surface area contributed by atoms with Crippen LogP contribution in [0, 0.1) is 5.92 Å². The minimum absolute atomic E-state index is 0.102. The van der Waals surface area contributed by atoms with Crippen molar-refractivity contribution in [3.63, 3.8) is 0 Å². The van der Waals surface area contributed by atoms with Crippen LogP contribution < -0.4 is 0 Å². The molecule has 0 unspecified atom stereocenters. The van der Waals surface area contributed by atoms with Crippen LogP contribution in [0.15, 0.2) is 0 Å². The summed E-state index contributed by atoms with van der Waals surface area (Å²) < 4.78 is 6.05. The fourth-order valence-electron chi connectivity index (χ4n) is 3.66. The number of hydrogen-bond donors (Lipinski definition) is 0. The molecule has 150 valence electrons. The lowest BCUT2D eigenvalue weighted by molar-refractivity contribution is -0.141. The molecule has 0 aromatic heterocycles. The molecule has 6 nitrogen and oxygen atoms in total. The Hall–Kier alpha value is -1.14. The van der Waals surface area contributed by atoms with Crippen LogP contribution in [0.1, 0.15) is 53.9 Å². The van der Waals surface area contributed by atoms with Crippen LogP contribution in [0.5, 0.6) is 0 Å². The zero-order valence-electron chi connectivity index (χ0n) is 17.3. The van der Waals surface area contributed by atoms with Gasteiger partial charge in [0.25, 0.3) is 0 Å². The molecule has 2 fully saturated rings. The third kappa shape index (κ3) is 6.88. The highest BCUT2D eigenvalue weighted by Gasteiger charge is 2.28. The van der Waals surface area contributed by atoms with Gasteiger partial charge in [-0.15, -0.1) is 0 Å². The molecule has 2 rings (SSSR count). The summed E-state index contributed by atoms with van der Waals surface area (Å²) in [7, 11) is 0. The van der Waals surface area contributed by atoms with Gasteiger partial charge in [-0.25, -0.2) is 0 Å². The van der Waals surface area contributed by atoms with Gasteiger partial charge in [0, 0.05) is 45.7 Å². The summed E-state index contributed by atoms with van der Waals surface area (Å²) in [5, 5.41) is 0. The van der Waals surface area contributed by atoms with E-state index in [2.05, 4.69) is 39.5 Å². The van der Waals surface area contributed by atoms with Gasteiger partial charge in [-0.3, -0.25) is 14.5 Å². The Morgan fingerprint density at radius 2 is 1.42 bits per heavy atom. The Morgan fingerprint density at radius 1 is 0.923 bits per heavy atom. The number of rotatable bonds is 5. The second-order valence-corrected chi connectivity index (χ2v) is 9.07. The predicted molar refractivity (Wildman–Crippen MR) is 103 cm³/mol. The Bertz CT molecular complexity index is 471. The lowest BCUT2D eigenvalue weighted by atomic mass is 10.1. The molecule has 0 N–H and O–H groups in total. The summed E-state index contributed by atoms with van der Waals surface area (Å²) in [6.07, 6.45) is 2.88. The van der Waals surface area contributed by atoms with Gasteiger partial charge in [-0.2, -0.15) is 0 Å². The number of carbonyl (C=O) groups is 2. The van der Waals surface area contributed by atoms with Crippen molar-refractivity contribution < 1.29 is 14.3 Å². The Kier molecular flexibility index (Phi) is 7.47. The normalized spacial score (nSPS) is 20.7. The lowest BCUT2D eigenvalue weighted by Crippen LogP contribution is -2.53. The predicted octanol–water partition coefficient (Wildman–Crippen LogP) is 1.98. The Labute approximate surface area is 158 Å². The van der Waals surface area contributed by atoms with Crippen molar-refractivity contribution in [3.8, 4) is 0 Å². The number of nitrogens with zero attached hydrogens (tertiary/aromatic N) is 3. The first-order valence-corrected chi connectivity index (χ1v) is 10.1. The SMILES string of the molecule is CC(C)CC(=O)N1CCN(C(=O)CN2CCC(OC(C)(C)C)CC2)CC1. The lowest BCUT2D eigenvalue weighted by Gasteiger charge is -2.38. The number of ether oxygens (including phenoxy) is 1. The van der Waals surface area contributed by atoms with Crippen LogP contribution in [0.4, 0.5) is 0 Å². The fourth-order valence-corrected chi connectivity index (χ4v) is 3.66. The molecule has 2 saturated heterocycles. The van der Waals surface area contributed by atoms with Gasteiger partial charge < -0.3 is 14.5 Å². The molecule has 0 saturated carbocycles. The Balaban J connectivity index is 1.69. The van der Waals surface area contributed by atoms with E-state index in [1.165, 1.54) is 0 Å². The van der Waals surface area contributed by atoms with Gasteiger partial charge in [-0.05, 0) is 39.5 Å². The first-order valence-electron chi connectivity index (χ1n) is 10.1. The highest BCUT2D eigenvalue weighted by atomic mass is 16.5. The average Bonchev–Trinajstić information content (AvgIpc) is 2.55. The molecule has 0 aromatic carbocycles. The van der Waals surface area contributed by atoms with Crippen LogP contribution in [0.2, 0.25) is 0 Å². The van der Waals surface area contributed by atoms with E-state index in [1.54, 1.807) is 0 Å². The highest BCUT2D eigenvalue weighted by molar-refractivity contribution is 5.79. The van der Waals surface area contributed by atoms with Crippen molar-refractivity contribution in [1.29, 1.82) is 0 Å². The molecule has 0 spiro atoms. The number of carbonyl (C=O) groups excluding carboxylic acids is 2. The summed E-state index contributed by atoms with van der Waals surface area (Å²) in [4.78, 5) is 30.8. The topological polar surface area (TPSA) is 53.1 Å². The Morgan fingerprint density at radius 3 is 1.88 bits per heavy atom. The monoisotopic (exact) mass is 367 g/mol. The molecular weight excluding hydrogens is 330 g/mol. The van der Waals surface area contributed by atoms with Gasteiger partial charge in [0.1, 0.15) is 0 Å². The molecule has 0 radical (unpaired) electrons. The molecule has 0 atom stereocenters. The fraction of sp³-hybridized carbons (Fsp3) is 0.900. The molecule has 0 aromatic rings. The largest absolute Gasteiger partial charge is 0.373 e. The molecule has 6 heteroatoms. The number of amides is 2. The van der Waals surface area contributed by atoms with Crippen LogP contribution in [0.25, 0.3) is 0 Å². The maximum atomic E-state index is 12.6. The number of hydrogen-bond acceptors (Lipinski definition) is 4. The van der Waals surface area contributed by atoms with Crippen LogP contribution in [0.3, 0.4) is 0 Å². The standard InChI is InChI=1S/C20H37N3O3/c1-16(2)14-18(24)22-10-12-23(13-11-22)19(25)15-21-8-6-17(7-9-21)26-20(3,4)5/h16-17H,6-15H2,1-5H3. The van der Waals surface area contributed by atoms with Crippen molar-refractivity contribution in [1.82, 2.24) is 14.7 Å². The van der Waals surface area contributed by atoms with Crippen molar-refractivity contribution in [2.45, 2.75) is 65.6 Å². The zero-order chi connectivity index (χ0) is 19.3. The summed E-state index contributed by atoms with van der Waals surface area (Å²) in [5.41, 5.74) is -0.102. The van der Waals surface area contributed by atoms with Crippen molar-refractivity contribution in [3.05, 3.63) is 0 Å². The number of likely N-dealkylation sites (tertiary alicyclic amines) is 1. The zero-order valence-corrected chi connectivity index (χ0v) is 17.3. The molecular formula is C20H37N3O3. The minimum atomic E-state index is -0.102. The van der Waals surface area contributed by atoms with E-state index in [4.69, 9.17) is 4.74 Å². The summed E-state index contributed by atoms with van der Waals surface area (Å²) in [6.45, 7) is 15.4. The quantitative estimate of drug-likeness (QED) is 0.746. The van der Waals surface area contributed by atoms with Gasteiger partial charge in [0.2, 0.25) is 11.8 Å². The van der Waals surface area contributed by atoms with E-state index in [1.807, 2.05) is 9.80 Å². The van der Waals surface area contributed by atoms with E-state index >= 15 is 0 Å². The van der Waals surface area contributed by atoms with Crippen LogP contribution in [-0.2, 0) is 14.3 Å². The second kappa shape index (κ2) is 9.18. The maximum Gasteiger partial charge on any atom is 0.236 e. The maximum absolute atomic E-state index is 12.6. The minimum Gasteiger partial charge on any atom is -0.373 e. The molecule has 2 amide bonds. The molecule has 2 heterocycles. The first kappa shape index (κ1) is 21.2. The second-order valence-electron chi connectivity index (χ2n) is 9.07. The number of piperazine rings is 1. The molecule has 0 aliphatic carbocycles. The van der Waals surface area contributed by atoms with Gasteiger partial charge in [0.05, 0.1) is 18.2 Å². The van der Waals surface area contributed by atoms with Crippen LogP contribution in [-0.4, -0.2) is 84.0 Å². The number of piperidine rings is 1. The van der Waals surface area contributed by atoms with E-state index in [0.717, 1.165) is 25.9 Å². The van der Waals surface area contributed by atoms with Crippen molar-refractivity contribution in [2.24, 2.45) is 5.92 Å². The van der Waals surface area contributed by atoms with E-state index in [9.17, 15) is 9.59 Å². The average molecular weight is 368 g/mol. The van der Waals surface area contributed by atoms with Crippen molar-refractivity contribution >= 4 is 11.8 Å². The third-order valence-electron chi connectivity index (χ3n) is 4.98. The molecule has 2 aliphatic heterocycles. The van der Waals surface area contributed by atoms with Crippen molar-refractivity contribution in [2.75, 3.05) is 45.8 Å². The van der Waals surface area contributed by atoms with Gasteiger partial charge >= 0.3 is 0 Å². The third-order valence-corrected chi connectivity index (χ3v) is 4.98. The van der Waals surface area contributed by atoms with Crippen LogP contribution >= 0.6 is 0 Å². The molecule has 2 aliphatic rings. The smallest absolute Gasteiger partial charge is 0.236 e. The van der Waals surface area contributed by atoms with Gasteiger partial charge in [0.15, 0.2) is 0 Å². The first-order chi connectivity index (χ1) is 12.1. The highest BCUT2D eigenvalue weighted by Crippen LogP contribution is 2.20. The summed E-state index contributed by atoms with van der Waals surface area (Å²) in [6, 6.07) is 0. The summed E-state index contributed by atoms with van der Waals surface area (Å²) >= 11 is 0. The summed E-state index contributed by atoms with van der Waals surface area (Å²) in [5.74, 6) is 0.788. The molecule has 26 heavy (non-hydrogen) atoms.